The third kappa shape index (κ3) is 2.76. The Morgan fingerprint density at radius 1 is 1.00 bits per heavy atom. The summed E-state index contributed by atoms with van der Waals surface area (Å²) in [5.74, 6) is -1.74. The van der Waals surface area contributed by atoms with E-state index in [2.05, 4.69) is 15.9 Å². The molecular formula is C14H12BrF2N. The van der Waals surface area contributed by atoms with E-state index in [1.165, 1.54) is 6.07 Å². The second kappa shape index (κ2) is 5.16. The normalized spacial score (nSPS) is 12.5. The highest BCUT2D eigenvalue weighted by Crippen LogP contribution is 2.25. The molecule has 2 aromatic carbocycles. The van der Waals surface area contributed by atoms with Gasteiger partial charge in [0.25, 0.3) is 0 Å². The van der Waals surface area contributed by atoms with Crippen LogP contribution in [0.15, 0.2) is 40.9 Å². The molecule has 0 aliphatic heterocycles. The molecule has 0 aliphatic carbocycles. The van der Waals surface area contributed by atoms with Gasteiger partial charge in [-0.05, 0) is 47.9 Å². The zero-order valence-corrected chi connectivity index (χ0v) is 11.3. The van der Waals surface area contributed by atoms with Gasteiger partial charge in [0.2, 0.25) is 0 Å². The lowest BCUT2D eigenvalue weighted by Gasteiger charge is -2.14. The zero-order valence-electron chi connectivity index (χ0n) is 9.75. The number of rotatable bonds is 2. The maximum absolute atomic E-state index is 13.2. The topological polar surface area (TPSA) is 26.0 Å². The predicted octanol–water partition coefficient (Wildman–Crippen LogP) is 4.08. The van der Waals surface area contributed by atoms with Crippen molar-refractivity contribution >= 4 is 15.9 Å². The summed E-state index contributed by atoms with van der Waals surface area (Å²) in [5, 5.41) is 0. The molecule has 4 heteroatoms. The summed E-state index contributed by atoms with van der Waals surface area (Å²) in [6, 6.07) is 9.01. The molecular weight excluding hydrogens is 300 g/mol. The van der Waals surface area contributed by atoms with Gasteiger partial charge in [0.1, 0.15) is 0 Å². The first-order valence-corrected chi connectivity index (χ1v) is 6.24. The average molecular weight is 312 g/mol. The van der Waals surface area contributed by atoms with Crippen LogP contribution in [0.4, 0.5) is 8.78 Å². The first-order valence-electron chi connectivity index (χ1n) is 5.45. The SMILES string of the molecule is Cc1cc(Br)cc(C(N)c2ccc(F)c(F)c2)c1. The first-order chi connectivity index (χ1) is 8.47. The van der Waals surface area contributed by atoms with E-state index in [0.29, 0.717) is 5.56 Å². The third-order valence-electron chi connectivity index (χ3n) is 2.73. The fraction of sp³-hybridized carbons (Fsp3) is 0.143. The van der Waals surface area contributed by atoms with E-state index < -0.39 is 17.7 Å². The van der Waals surface area contributed by atoms with Crippen LogP contribution in [0.5, 0.6) is 0 Å². The molecule has 0 saturated heterocycles. The fourth-order valence-electron chi connectivity index (χ4n) is 1.84. The predicted molar refractivity (Wildman–Crippen MR) is 71.3 cm³/mol. The highest BCUT2D eigenvalue weighted by Gasteiger charge is 2.12. The van der Waals surface area contributed by atoms with Crippen LogP contribution >= 0.6 is 15.9 Å². The van der Waals surface area contributed by atoms with Gasteiger partial charge in [0.15, 0.2) is 11.6 Å². The molecule has 0 amide bonds. The van der Waals surface area contributed by atoms with E-state index in [9.17, 15) is 8.78 Å². The van der Waals surface area contributed by atoms with Gasteiger partial charge in [0, 0.05) is 4.47 Å². The number of halogens is 3. The van der Waals surface area contributed by atoms with Crippen LogP contribution < -0.4 is 5.73 Å². The van der Waals surface area contributed by atoms with Crippen LogP contribution in [0.25, 0.3) is 0 Å². The van der Waals surface area contributed by atoms with E-state index in [4.69, 9.17) is 5.73 Å². The van der Waals surface area contributed by atoms with E-state index >= 15 is 0 Å². The molecule has 18 heavy (non-hydrogen) atoms. The Kier molecular flexibility index (Phi) is 3.78. The van der Waals surface area contributed by atoms with Crippen molar-refractivity contribution in [2.75, 3.05) is 0 Å². The third-order valence-corrected chi connectivity index (χ3v) is 3.18. The maximum atomic E-state index is 13.2. The molecule has 0 radical (unpaired) electrons. The summed E-state index contributed by atoms with van der Waals surface area (Å²) in [6.45, 7) is 1.95. The summed E-state index contributed by atoms with van der Waals surface area (Å²) in [6.07, 6.45) is 0. The number of hydrogen-bond acceptors (Lipinski definition) is 1. The minimum atomic E-state index is -0.880. The van der Waals surface area contributed by atoms with Crippen molar-refractivity contribution in [2.45, 2.75) is 13.0 Å². The number of aryl methyl sites for hydroxylation is 1. The molecule has 1 atom stereocenters. The molecule has 1 nitrogen and oxygen atoms in total. The van der Waals surface area contributed by atoms with E-state index in [-0.39, 0.29) is 0 Å². The van der Waals surface area contributed by atoms with Crippen molar-refractivity contribution < 1.29 is 8.78 Å². The van der Waals surface area contributed by atoms with Crippen molar-refractivity contribution in [3.8, 4) is 0 Å². The second-order valence-corrected chi connectivity index (χ2v) is 5.13. The quantitative estimate of drug-likeness (QED) is 0.888. The lowest BCUT2D eigenvalue weighted by molar-refractivity contribution is 0.506. The van der Waals surface area contributed by atoms with Crippen molar-refractivity contribution in [2.24, 2.45) is 5.73 Å². The Hall–Kier alpha value is -1.26. The Balaban J connectivity index is 2.40. The Morgan fingerprint density at radius 2 is 1.72 bits per heavy atom. The van der Waals surface area contributed by atoms with Gasteiger partial charge < -0.3 is 5.73 Å². The molecule has 0 aliphatic rings. The monoisotopic (exact) mass is 311 g/mol. The van der Waals surface area contributed by atoms with Gasteiger partial charge >= 0.3 is 0 Å². The van der Waals surface area contributed by atoms with Crippen molar-refractivity contribution in [3.63, 3.8) is 0 Å². The summed E-state index contributed by atoms with van der Waals surface area (Å²) < 4.78 is 27.0. The standard InChI is InChI=1S/C14H12BrF2N/c1-8-4-10(6-11(15)5-8)14(18)9-2-3-12(16)13(17)7-9/h2-7,14H,18H2,1H3. The minimum absolute atomic E-state index is 0.476. The molecule has 0 heterocycles. The first kappa shape index (κ1) is 13.2. The lowest BCUT2D eigenvalue weighted by Crippen LogP contribution is -2.12. The van der Waals surface area contributed by atoms with Gasteiger partial charge in [-0.15, -0.1) is 0 Å². The number of hydrogen-bond donors (Lipinski definition) is 1. The van der Waals surface area contributed by atoms with Gasteiger partial charge in [-0.25, -0.2) is 8.78 Å². The van der Waals surface area contributed by atoms with Gasteiger partial charge in [-0.2, -0.15) is 0 Å². The molecule has 0 fully saturated rings. The van der Waals surface area contributed by atoms with Gasteiger partial charge in [-0.1, -0.05) is 28.1 Å². The molecule has 2 N–H and O–H groups in total. The van der Waals surface area contributed by atoms with Crippen LogP contribution in [0, 0.1) is 18.6 Å². The molecule has 0 aromatic heterocycles. The molecule has 2 aromatic rings. The highest BCUT2D eigenvalue weighted by molar-refractivity contribution is 9.10. The molecule has 0 saturated carbocycles. The Morgan fingerprint density at radius 3 is 2.33 bits per heavy atom. The average Bonchev–Trinajstić information content (AvgIpc) is 2.30. The highest BCUT2D eigenvalue weighted by atomic mass is 79.9. The summed E-state index contributed by atoms with van der Waals surface area (Å²) >= 11 is 3.39. The summed E-state index contributed by atoms with van der Waals surface area (Å²) in [5.41, 5.74) is 8.52. The van der Waals surface area contributed by atoms with Crippen molar-refractivity contribution in [1.29, 1.82) is 0 Å². The van der Waals surface area contributed by atoms with E-state index in [1.54, 1.807) is 0 Å². The van der Waals surface area contributed by atoms with Crippen molar-refractivity contribution in [1.82, 2.24) is 0 Å². The van der Waals surface area contributed by atoms with Crippen molar-refractivity contribution in [3.05, 3.63) is 69.2 Å². The molecule has 1 unspecified atom stereocenters. The van der Waals surface area contributed by atoms with Crippen LogP contribution in [-0.4, -0.2) is 0 Å². The fourth-order valence-corrected chi connectivity index (χ4v) is 2.47. The largest absolute Gasteiger partial charge is 0.320 e. The Bertz CT molecular complexity index is 564. The van der Waals surface area contributed by atoms with E-state index in [1.807, 2.05) is 25.1 Å². The summed E-state index contributed by atoms with van der Waals surface area (Å²) in [7, 11) is 0. The van der Waals surface area contributed by atoms with Crippen LogP contribution in [0.3, 0.4) is 0 Å². The molecule has 0 bridgehead atoms. The van der Waals surface area contributed by atoms with Crippen LogP contribution in [-0.2, 0) is 0 Å². The lowest BCUT2D eigenvalue weighted by atomic mass is 9.98. The maximum Gasteiger partial charge on any atom is 0.159 e. The summed E-state index contributed by atoms with van der Waals surface area (Å²) in [4.78, 5) is 0. The molecule has 2 rings (SSSR count). The zero-order chi connectivity index (χ0) is 13.3. The van der Waals surface area contributed by atoms with Crippen LogP contribution in [0.2, 0.25) is 0 Å². The minimum Gasteiger partial charge on any atom is -0.320 e. The molecule has 94 valence electrons. The molecule has 0 spiro atoms. The smallest absolute Gasteiger partial charge is 0.159 e. The van der Waals surface area contributed by atoms with Gasteiger partial charge in [-0.3, -0.25) is 0 Å². The van der Waals surface area contributed by atoms with Gasteiger partial charge in [0.05, 0.1) is 6.04 Å². The number of nitrogens with two attached hydrogens (primary N) is 1. The second-order valence-electron chi connectivity index (χ2n) is 4.21. The van der Waals surface area contributed by atoms with E-state index in [0.717, 1.165) is 27.7 Å². The number of benzene rings is 2. The van der Waals surface area contributed by atoms with Crippen LogP contribution in [0.1, 0.15) is 22.7 Å². The Labute approximate surface area is 113 Å².